The first kappa shape index (κ1) is 19.4. The van der Waals surface area contributed by atoms with Crippen LogP contribution >= 0.6 is 0 Å². The topological polar surface area (TPSA) is 83.6 Å². The Labute approximate surface area is 153 Å². The molecule has 0 aliphatic heterocycles. The minimum Gasteiger partial charge on any atom is -0.385 e. The third-order valence-electron chi connectivity index (χ3n) is 3.67. The van der Waals surface area contributed by atoms with E-state index >= 15 is 0 Å². The van der Waals surface area contributed by atoms with Gasteiger partial charge in [0, 0.05) is 45.7 Å². The second-order valence-electron chi connectivity index (χ2n) is 5.91. The van der Waals surface area contributed by atoms with Crippen LogP contribution in [0.2, 0.25) is 0 Å². The van der Waals surface area contributed by atoms with Gasteiger partial charge in [0.1, 0.15) is 11.4 Å². The highest BCUT2D eigenvalue weighted by atomic mass is 16.5. The molecule has 138 valence electrons. The van der Waals surface area contributed by atoms with Crippen LogP contribution in [-0.2, 0) is 4.74 Å². The van der Waals surface area contributed by atoms with Crippen LogP contribution in [-0.4, -0.2) is 51.2 Å². The van der Waals surface area contributed by atoms with Crippen molar-refractivity contribution >= 4 is 23.2 Å². The average molecular weight is 356 g/mol. The number of pyridine rings is 1. The van der Waals surface area contributed by atoms with Crippen molar-refractivity contribution in [2.24, 2.45) is 0 Å². The predicted molar refractivity (Wildman–Crippen MR) is 102 cm³/mol. The van der Waals surface area contributed by atoms with Crippen LogP contribution in [0.3, 0.4) is 0 Å². The molecule has 0 unspecified atom stereocenters. The molecule has 1 aromatic carbocycles. The lowest BCUT2D eigenvalue weighted by molar-refractivity contribution is 0.0943. The minimum atomic E-state index is -0.364. The molecule has 7 nitrogen and oxygen atoms in total. The number of benzene rings is 1. The van der Waals surface area contributed by atoms with Crippen LogP contribution < -0.4 is 15.5 Å². The highest BCUT2D eigenvalue weighted by Crippen LogP contribution is 2.16. The fourth-order valence-corrected chi connectivity index (χ4v) is 2.23. The maximum Gasteiger partial charge on any atom is 0.274 e. The summed E-state index contributed by atoms with van der Waals surface area (Å²) in [6.45, 7) is 1.06. The normalized spacial score (nSPS) is 10.3. The Kier molecular flexibility index (Phi) is 7.11. The van der Waals surface area contributed by atoms with Gasteiger partial charge in [-0.3, -0.25) is 9.59 Å². The second kappa shape index (κ2) is 9.53. The molecule has 2 aromatic rings. The third-order valence-corrected chi connectivity index (χ3v) is 3.67. The Morgan fingerprint density at radius 3 is 2.31 bits per heavy atom. The Bertz CT molecular complexity index is 745. The summed E-state index contributed by atoms with van der Waals surface area (Å²) in [4.78, 5) is 30.6. The summed E-state index contributed by atoms with van der Waals surface area (Å²) in [5.41, 5.74) is 2.09. The molecule has 1 aromatic heterocycles. The zero-order valence-corrected chi connectivity index (χ0v) is 15.3. The van der Waals surface area contributed by atoms with E-state index in [1.807, 2.05) is 43.3 Å². The quantitative estimate of drug-likeness (QED) is 0.708. The first-order chi connectivity index (χ1) is 12.5. The van der Waals surface area contributed by atoms with Crippen molar-refractivity contribution < 1.29 is 14.3 Å². The maximum absolute atomic E-state index is 12.4. The van der Waals surface area contributed by atoms with Crippen LogP contribution in [0.5, 0.6) is 0 Å². The summed E-state index contributed by atoms with van der Waals surface area (Å²) in [7, 11) is 5.51. The molecule has 1 heterocycles. The standard InChI is InChI=1S/C19H24N4O3/c1-23(2)15-10-8-14(9-11-15)21-19(25)17-7-4-6-16(22-17)18(24)20-12-5-13-26-3/h4,6-11H,5,12-13H2,1-3H3,(H,20,24)(H,21,25). The number of anilines is 2. The van der Waals surface area contributed by atoms with Crippen molar-refractivity contribution in [1.29, 1.82) is 0 Å². The van der Waals surface area contributed by atoms with Gasteiger partial charge >= 0.3 is 0 Å². The van der Waals surface area contributed by atoms with Gasteiger partial charge in [-0.2, -0.15) is 0 Å². The number of amides is 2. The van der Waals surface area contributed by atoms with E-state index in [4.69, 9.17) is 4.74 Å². The minimum absolute atomic E-state index is 0.186. The average Bonchev–Trinajstić information content (AvgIpc) is 2.65. The number of aromatic nitrogens is 1. The zero-order chi connectivity index (χ0) is 18.9. The van der Waals surface area contributed by atoms with Crippen molar-refractivity contribution in [2.45, 2.75) is 6.42 Å². The summed E-state index contributed by atoms with van der Waals surface area (Å²) >= 11 is 0. The molecule has 0 aliphatic carbocycles. The van der Waals surface area contributed by atoms with Crippen molar-refractivity contribution in [3.8, 4) is 0 Å². The van der Waals surface area contributed by atoms with Gasteiger partial charge in [-0.05, 0) is 42.8 Å². The van der Waals surface area contributed by atoms with Gasteiger partial charge < -0.3 is 20.3 Å². The molecule has 0 bridgehead atoms. The molecule has 0 saturated carbocycles. The Balaban J connectivity index is 1.99. The molecule has 0 fully saturated rings. The number of nitrogens with zero attached hydrogens (tertiary/aromatic N) is 2. The van der Waals surface area contributed by atoms with E-state index in [2.05, 4.69) is 15.6 Å². The molecule has 2 rings (SSSR count). The molecule has 0 spiro atoms. The van der Waals surface area contributed by atoms with Crippen LogP contribution in [0, 0.1) is 0 Å². The SMILES string of the molecule is COCCCNC(=O)c1cccc(C(=O)Nc2ccc(N(C)C)cc2)n1. The fourth-order valence-electron chi connectivity index (χ4n) is 2.23. The summed E-state index contributed by atoms with van der Waals surface area (Å²) in [6, 6.07) is 12.2. The highest BCUT2D eigenvalue weighted by Gasteiger charge is 2.12. The van der Waals surface area contributed by atoms with Crippen LogP contribution in [0.25, 0.3) is 0 Å². The smallest absolute Gasteiger partial charge is 0.274 e. The molecule has 0 aliphatic rings. The van der Waals surface area contributed by atoms with Crippen LogP contribution in [0.15, 0.2) is 42.5 Å². The number of carbonyl (C=O) groups excluding carboxylic acids is 2. The molecule has 7 heteroatoms. The molecule has 2 amide bonds. The van der Waals surface area contributed by atoms with Gasteiger partial charge in [-0.15, -0.1) is 0 Å². The van der Waals surface area contributed by atoms with Crippen molar-refractivity contribution in [3.63, 3.8) is 0 Å². The van der Waals surface area contributed by atoms with E-state index in [1.165, 1.54) is 0 Å². The number of rotatable bonds is 8. The van der Waals surface area contributed by atoms with E-state index in [-0.39, 0.29) is 23.2 Å². The van der Waals surface area contributed by atoms with E-state index in [0.717, 1.165) is 5.69 Å². The summed E-state index contributed by atoms with van der Waals surface area (Å²) in [5, 5.41) is 5.53. The lowest BCUT2D eigenvalue weighted by Gasteiger charge is -2.13. The van der Waals surface area contributed by atoms with Gasteiger partial charge in [-0.1, -0.05) is 6.07 Å². The Morgan fingerprint density at radius 1 is 1.04 bits per heavy atom. The van der Waals surface area contributed by atoms with Crippen molar-refractivity contribution in [1.82, 2.24) is 10.3 Å². The van der Waals surface area contributed by atoms with Gasteiger partial charge in [0.15, 0.2) is 0 Å². The molecular formula is C19H24N4O3. The van der Waals surface area contributed by atoms with Gasteiger partial charge in [-0.25, -0.2) is 4.98 Å². The number of nitrogens with one attached hydrogen (secondary N) is 2. The van der Waals surface area contributed by atoms with Crippen LogP contribution in [0.1, 0.15) is 27.4 Å². The fraction of sp³-hybridized carbons (Fsp3) is 0.316. The van der Waals surface area contributed by atoms with Crippen molar-refractivity contribution in [3.05, 3.63) is 53.9 Å². The summed E-state index contributed by atoms with van der Waals surface area (Å²) < 4.78 is 4.93. The van der Waals surface area contributed by atoms with Gasteiger partial charge in [0.25, 0.3) is 11.8 Å². The molecular weight excluding hydrogens is 332 g/mol. The first-order valence-electron chi connectivity index (χ1n) is 8.34. The lowest BCUT2D eigenvalue weighted by Crippen LogP contribution is -2.27. The number of carbonyl (C=O) groups is 2. The zero-order valence-electron chi connectivity index (χ0n) is 15.3. The molecule has 26 heavy (non-hydrogen) atoms. The number of hydrogen-bond acceptors (Lipinski definition) is 5. The highest BCUT2D eigenvalue weighted by molar-refractivity contribution is 6.03. The monoisotopic (exact) mass is 356 g/mol. The third kappa shape index (κ3) is 5.56. The lowest BCUT2D eigenvalue weighted by atomic mass is 10.2. The number of methoxy groups -OCH3 is 1. The number of hydrogen-bond donors (Lipinski definition) is 2. The molecule has 0 radical (unpaired) electrons. The van der Waals surface area contributed by atoms with E-state index < -0.39 is 0 Å². The second-order valence-corrected chi connectivity index (χ2v) is 5.91. The van der Waals surface area contributed by atoms with Crippen LogP contribution in [0.4, 0.5) is 11.4 Å². The first-order valence-corrected chi connectivity index (χ1v) is 8.34. The van der Waals surface area contributed by atoms with E-state index in [1.54, 1.807) is 25.3 Å². The van der Waals surface area contributed by atoms with E-state index in [9.17, 15) is 9.59 Å². The van der Waals surface area contributed by atoms with Gasteiger partial charge in [0.2, 0.25) is 0 Å². The molecule has 0 atom stereocenters. The number of ether oxygens (including phenoxy) is 1. The van der Waals surface area contributed by atoms with E-state index in [0.29, 0.717) is 25.3 Å². The van der Waals surface area contributed by atoms with Crippen molar-refractivity contribution in [2.75, 3.05) is 44.6 Å². The molecule has 2 N–H and O–H groups in total. The predicted octanol–water partition coefficient (Wildman–Crippen LogP) is 2.17. The Morgan fingerprint density at radius 2 is 1.69 bits per heavy atom. The Hall–Kier alpha value is -2.93. The van der Waals surface area contributed by atoms with Gasteiger partial charge in [0.05, 0.1) is 0 Å². The molecule has 0 saturated heterocycles. The maximum atomic E-state index is 12.4. The summed E-state index contributed by atoms with van der Waals surface area (Å²) in [5.74, 6) is -0.678. The largest absolute Gasteiger partial charge is 0.385 e. The summed E-state index contributed by atoms with van der Waals surface area (Å²) in [6.07, 6.45) is 0.714.